The van der Waals surface area contributed by atoms with Crippen molar-refractivity contribution in [3.63, 3.8) is 0 Å². The molecule has 2 rings (SSSR count). The fraction of sp³-hybridized carbons (Fsp3) is 0.167. The molecule has 0 amide bonds. The molecule has 19 heavy (non-hydrogen) atoms. The Balaban J connectivity index is 2.52. The van der Waals surface area contributed by atoms with Crippen LogP contribution in [0.4, 0.5) is 0 Å². The molecule has 0 fully saturated rings. The maximum absolute atomic E-state index is 11.5. The molecule has 0 atom stereocenters. The van der Waals surface area contributed by atoms with Crippen LogP contribution in [0.15, 0.2) is 35.5 Å². The van der Waals surface area contributed by atoms with Gasteiger partial charge in [-0.05, 0) is 18.1 Å². The lowest BCUT2D eigenvalue weighted by molar-refractivity contribution is 0.573. The molecule has 98 valence electrons. The van der Waals surface area contributed by atoms with Gasteiger partial charge in [-0.1, -0.05) is 24.3 Å². The van der Waals surface area contributed by atoms with Gasteiger partial charge in [0.05, 0.1) is 12.7 Å². The normalized spacial score (nSPS) is 11.2. The number of hydrogen-bond donors (Lipinski definition) is 0. The van der Waals surface area contributed by atoms with E-state index < -0.39 is 9.05 Å². The van der Waals surface area contributed by atoms with Crippen LogP contribution < -0.4 is 0 Å². The van der Waals surface area contributed by atoms with Crippen molar-refractivity contribution < 1.29 is 8.42 Å². The Hall–Kier alpha value is -1.84. The Labute approximate surface area is 115 Å². The summed E-state index contributed by atoms with van der Waals surface area (Å²) in [6.07, 6.45) is 1.20. The van der Waals surface area contributed by atoms with Gasteiger partial charge in [-0.3, -0.25) is 0 Å². The van der Waals surface area contributed by atoms with E-state index in [2.05, 4.69) is 5.10 Å². The van der Waals surface area contributed by atoms with Gasteiger partial charge in [0.2, 0.25) is 0 Å². The average molecular weight is 296 g/mol. The number of nitrogens with zero attached hydrogens (tertiary/aromatic N) is 3. The van der Waals surface area contributed by atoms with Gasteiger partial charge in [-0.15, -0.1) is 0 Å². The van der Waals surface area contributed by atoms with Gasteiger partial charge in [0.15, 0.2) is 5.03 Å². The lowest BCUT2D eigenvalue weighted by atomic mass is 10.1. The summed E-state index contributed by atoms with van der Waals surface area (Å²) in [5, 5.41) is 12.5. The SMILES string of the molecule is Cc1ccccc1Cn1ncc(C#N)c1S(=O)(=O)Cl. The van der Waals surface area contributed by atoms with E-state index in [1.165, 1.54) is 10.9 Å². The molecule has 0 spiro atoms. The van der Waals surface area contributed by atoms with Gasteiger partial charge in [-0.25, -0.2) is 13.1 Å². The van der Waals surface area contributed by atoms with Crippen molar-refractivity contribution in [2.75, 3.05) is 0 Å². The third kappa shape index (κ3) is 2.78. The number of rotatable bonds is 3. The summed E-state index contributed by atoms with van der Waals surface area (Å²) in [6.45, 7) is 2.16. The van der Waals surface area contributed by atoms with Crippen LogP contribution in [0.5, 0.6) is 0 Å². The van der Waals surface area contributed by atoms with Gasteiger partial charge >= 0.3 is 0 Å². The van der Waals surface area contributed by atoms with Crippen LogP contribution in [0.3, 0.4) is 0 Å². The highest BCUT2D eigenvalue weighted by Crippen LogP contribution is 2.21. The molecule has 7 heteroatoms. The third-order valence-electron chi connectivity index (χ3n) is 2.72. The Morgan fingerprint density at radius 2 is 2.11 bits per heavy atom. The zero-order valence-electron chi connectivity index (χ0n) is 10.0. The van der Waals surface area contributed by atoms with E-state index in [1.54, 1.807) is 6.07 Å². The standard InChI is InChI=1S/C12H10ClN3O2S/c1-9-4-2-3-5-10(9)8-16-12(19(13,17)18)11(6-14)7-15-16/h2-5,7H,8H2,1H3. The van der Waals surface area contributed by atoms with E-state index >= 15 is 0 Å². The topological polar surface area (TPSA) is 75.8 Å². The van der Waals surface area contributed by atoms with Gasteiger partial charge in [0, 0.05) is 10.7 Å². The van der Waals surface area contributed by atoms with E-state index in [9.17, 15) is 8.42 Å². The van der Waals surface area contributed by atoms with Crippen LogP contribution in [-0.2, 0) is 15.6 Å². The second-order valence-electron chi connectivity index (χ2n) is 4.00. The van der Waals surface area contributed by atoms with Crippen LogP contribution in [-0.4, -0.2) is 18.2 Å². The minimum Gasteiger partial charge on any atom is -0.247 e. The Bertz CT molecular complexity index is 760. The van der Waals surface area contributed by atoms with Crippen molar-refractivity contribution >= 4 is 19.7 Å². The van der Waals surface area contributed by atoms with Gasteiger partial charge in [0.25, 0.3) is 9.05 Å². The fourth-order valence-electron chi connectivity index (χ4n) is 1.77. The first-order valence-electron chi connectivity index (χ1n) is 5.38. The molecule has 0 radical (unpaired) electrons. The van der Waals surface area contributed by atoms with Crippen molar-refractivity contribution in [2.24, 2.45) is 0 Å². The molecule has 0 bridgehead atoms. The summed E-state index contributed by atoms with van der Waals surface area (Å²) < 4.78 is 24.3. The molecular formula is C12H10ClN3O2S. The molecule has 1 heterocycles. The first-order chi connectivity index (χ1) is 8.93. The monoisotopic (exact) mass is 295 g/mol. The van der Waals surface area contributed by atoms with Gasteiger partial charge in [-0.2, -0.15) is 10.4 Å². The fourth-order valence-corrected chi connectivity index (χ4v) is 2.98. The highest BCUT2D eigenvalue weighted by atomic mass is 35.7. The van der Waals surface area contributed by atoms with Crippen LogP contribution in [0, 0.1) is 18.3 Å². The Kier molecular flexibility index (Phi) is 3.60. The van der Waals surface area contributed by atoms with Crippen molar-refractivity contribution in [3.8, 4) is 6.07 Å². The van der Waals surface area contributed by atoms with Crippen molar-refractivity contribution in [3.05, 3.63) is 47.2 Å². The Morgan fingerprint density at radius 3 is 2.68 bits per heavy atom. The first-order valence-corrected chi connectivity index (χ1v) is 7.69. The summed E-state index contributed by atoms with van der Waals surface area (Å²) >= 11 is 0. The summed E-state index contributed by atoms with van der Waals surface area (Å²) in [5.74, 6) is 0. The highest BCUT2D eigenvalue weighted by Gasteiger charge is 2.23. The number of halogens is 1. The van der Waals surface area contributed by atoms with E-state index in [0.29, 0.717) is 0 Å². The lowest BCUT2D eigenvalue weighted by Crippen LogP contribution is -2.10. The van der Waals surface area contributed by atoms with Gasteiger partial charge < -0.3 is 0 Å². The summed E-state index contributed by atoms with van der Waals surface area (Å²) in [5.41, 5.74) is 1.87. The molecule has 0 saturated heterocycles. The van der Waals surface area contributed by atoms with Crippen molar-refractivity contribution in [2.45, 2.75) is 18.5 Å². The third-order valence-corrected chi connectivity index (χ3v) is 4.05. The molecule has 0 aliphatic heterocycles. The lowest BCUT2D eigenvalue weighted by Gasteiger charge is -2.08. The van der Waals surface area contributed by atoms with E-state index in [4.69, 9.17) is 15.9 Å². The molecule has 1 aromatic heterocycles. The summed E-state index contributed by atoms with van der Waals surface area (Å²) in [4.78, 5) is 0. The zero-order chi connectivity index (χ0) is 14.0. The largest absolute Gasteiger partial charge is 0.279 e. The van der Waals surface area contributed by atoms with Crippen LogP contribution in [0.25, 0.3) is 0 Å². The molecule has 2 aromatic rings. The molecule has 0 saturated carbocycles. The van der Waals surface area contributed by atoms with E-state index in [1.807, 2.05) is 31.2 Å². The van der Waals surface area contributed by atoms with Crippen LogP contribution in [0.1, 0.15) is 16.7 Å². The molecule has 0 unspecified atom stereocenters. The summed E-state index contributed by atoms with van der Waals surface area (Å²) in [7, 11) is 1.34. The number of hydrogen-bond acceptors (Lipinski definition) is 4. The second kappa shape index (κ2) is 5.03. The molecule has 0 aliphatic rings. The van der Waals surface area contributed by atoms with E-state index in [-0.39, 0.29) is 17.1 Å². The highest BCUT2D eigenvalue weighted by molar-refractivity contribution is 8.13. The quantitative estimate of drug-likeness (QED) is 0.812. The molecular weight excluding hydrogens is 286 g/mol. The van der Waals surface area contributed by atoms with Crippen LogP contribution >= 0.6 is 10.7 Å². The maximum Gasteiger partial charge on any atom is 0.279 e. The first kappa shape index (κ1) is 13.6. The smallest absolute Gasteiger partial charge is 0.247 e. The molecule has 1 aromatic carbocycles. The van der Waals surface area contributed by atoms with Crippen molar-refractivity contribution in [1.82, 2.24) is 9.78 Å². The second-order valence-corrected chi connectivity index (χ2v) is 6.48. The predicted molar refractivity (Wildman–Crippen MR) is 70.3 cm³/mol. The number of aryl methyl sites for hydroxylation is 1. The number of aromatic nitrogens is 2. The summed E-state index contributed by atoms with van der Waals surface area (Å²) in [6, 6.07) is 9.30. The zero-order valence-corrected chi connectivity index (χ0v) is 11.6. The minimum absolute atomic E-state index is 0.0522. The minimum atomic E-state index is -4.02. The maximum atomic E-state index is 11.5. The molecule has 0 N–H and O–H groups in total. The molecule has 5 nitrogen and oxygen atoms in total. The molecule has 0 aliphatic carbocycles. The predicted octanol–water partition coefficient (Wildman–Crippen LogP) is 2.04. The van der Waals surface area contributed by atoms with Crippen molar-refractivity contribution in [1.29, 1.82) is 5.26 Å². The average Bonchev–Trinajstić information content (AvgIpc) is 2.75. The van der Waals surface area contributed by atoms with Gasteiger partial charge in [0.1, 0.15) is 11.6 Å². The number of benzene rings is 1. The van der Waals surface area contributed by atoms with E-state index in [0.717, 1.165) is 11.1 Å². The van der Waals surface area contributed by atoms with Crippen LogP contribution in [0.2, 0.25) is 0 Å². The Morgan fingerprint density at radius 1 is 1.42 bits per heavy atom. The number of nitriles is 1.